The molecule has 1 aromatic carbocycles. The lowest BCUT2D eigenvalue weighted by atomic mass is 10.1. The minimum atomic E-state index is -0.522. The van der Waals surface area contributed by atoms with Gasteiger partial charge in [0.25, 0.3) is 5.91 Å². The van der Waals surface area contributed by atoms with Crippen LogP contribution < -0.4 is 5.43 Å². The minimum Gasteiger partial charge on any atom is -0.503 e. The number of hydrogen-bond donors (Lipinski definition) is 1. The van der Waals surface area contributed by atoms with E-state index < -0.39 is 11.2 Å². The molecule has 1 aliphatic rings. The highest BCUT2D eigenvalue weighted by Crippen LogP contribution is 2.23. The molecule has 0 spiro atoms. The predicted molar refractivity (Wildman–Crippen MR) is 105 cm³/mol. The van der Waals surface area contributed by atoms with E-state index in [-0.39, 0.29) is 17.6 Å². The molecule has 1 N–H and O–H groups in total. The van der Waals surface area contributed by atoms with Crippen LogP contribution in [0.5, 0.6) is 5.75 Å². The Morgan fingerprint density at radius 3 is 2.59 bits per heavy atom. The first-order valence-electron chi connectivity index (χ1n) is 8.97. The third kappa shape index (κ3) is 4.01. The number of carbonyl (C=O) groups excluding carboxylic acids is 1. The summed E-state index contributed by atoms with van der Waals surface area (Å²) in [5.74, 6) is -0.767. The summed E-state index contributed by atoms with van der Waals surface area (Å²) in [5.41, 5.74) is 1.35. The van der Waals surface area contributed by atoms with Crippen molar-refractivity contribution < 1.29 is 9.90 Å². The molecule has 1 aromatic heterocycles. The van der Waals surface area contributed by atoms with Crippen molar-refractivity contribution in [2.45, 2.75) is 39.5 Å². The molecule has 144 valence electrons. The Kier molecular flexibility index (Phi) is 5.58. The second kappa shape index (κ2) is 7.74. The molecular weight excluding hydrogens is 366 g/mol. The maximum absolute atomic E-state index is 12.8. The summed E-state index contributed by atoms with van der Waals surface area (Å²) in [6.45, 7) is 6.07. The van der Waals surface area contributed by atoms with E-state index in [2.05, 4.69) is 0 Å². The van der Waals surface area contributed by atoms with Gasteiger partial charge in [-0.2, -0.15) is 0 Å². The first kappa shape index (κ1) is 19.5. The highest BCUT2D eigenvalue weighted by molar-refractivity contribution is 6.30. The van der Waals surface area contributed by atoms with Crippen LogP contribution in [-0.4, -0.2) is 45.0 Å². The molecule has 0 atom stereocenters. The normalized spacial score (nSPS) is 14.1. The van der Waals surface area contributed by atoms with E-state index in [9.17, 15) is 14.7 Å². The molecule has 6 nitrogen and oxygen atoms in total. The molecule has 0 radical (unpaired) electrons. The number of aromatic hydroxyl groups is 1. The van der Waals surface area contributed by atoms with Gasteiger partial charge in [-0.05, 0) is 38.6 Å². The molecule has 0 saturated carbocycles. The first-order valence-corrected chi connectivity index (χ1v) is 9.35. The van der Waals surface area contributed by atoms with Gasteiger partial charge in [-0.15, -0.1) is 0 Å². The zero-order valence-corrected chi connectivity index (χ0v) is 16.5. The first-order chi connectivity index (χ1) is 12.8. The minimum absolute atomic E-state index is 0.00918. The number of aromatic nitrogens is 1. The van der Waals surface area contributed by atoms with Crippen LogP contribution in [0.15, 0.2) is 35.1 Å². The fourth-order valence-electron chi connectivity index (χ4n) is 3.51. The number of halogens is 1. The lowest BCUT2D eigenvalue weighted by molar-refractivity contribution is 0.0637. The van der Waals surface area contributed by atoms with Gasteiger partial charge < -0.3 is 14.6 Å². The van der Waals surface area contributed by atoms with Crippen LogP contribution in [0.1, 0.15) is 35.6 Å². The summed E-state index contributed by atoms with van der Waals surface area (Å²) in [5, 5.41) is 10.9. The highest BCUT2D eigenvalue weighted by atomic mass is 35.5. The lowest BCUT2D eigenvalue weighted by Crippen LogP contribution is -2.46. The quantitative estimate of drug-likeness (QED) is 0.853. The number of pyridine rings is 1. The van der Waals surface area contributed by atoms with Gasteiger partial charge in [-0.1, -0.05) is 23.7 Å². The molecule has 0 saturated heterocycles. The van der Waals surface area contributed by atoms with Crippen molar-refractivity contribution in [3.8, 4) is 5.75 Å². The molecule has 27 heavy (non-hydrogen) atoms. The fourth-order valence-corrected chi connectivity index (χ4v) is 3.72. The maximum atomic E-state index is 12.8. The summed E-state index contributed by atoms with van der Waals surface area (Å²) in [6, 6.07) is 9.05. The number of amides is 1. The number of hydrogen-bond acceptors (Lipinski definition) is 4. The van der Waals surface area contributed by atoms with Gasteiger partial charge >= 0.3 is 0 Å². The van der Waals surface area contributed by atoms with Crippen LogP contribution in [0.3, 0.4) is 0 Å². The van der Waals surface area contributed by atoms with Crippen LogP contribution in [0.25, 0.3) is 0 Å². The second-order valence-corrected chi connectivity index (χ2v) is 7.68. The molecular formula is C20H24ClN3O3. The van der Waals surface area contributed by atoms with Gasteiger partial charge in [0, 0.05) is 49.0 Å². The Labute approximate surface area is 163 Å². The summed E-state index contributed by atoms with van der Waals surface area (Å²) < 4.78 is 1.77. The van der Waals surface area contributed by atoms with Crippen molar-refractivity contribution in [3.63, 3.8) is 0 Å². The Balaban J connectivity index is 1.90. The third-order valence-corrected chi connectivity index (χ3v) is 5.03. The summed E-state index contributed by atoms with van der Waals surface area (Å²) in [4.78, 5) is 28.7. The van der Waals surface area contributed by atoms with E-state index in [0.29, 0.717) is 36.9 Å². The topological polar surface area (TPSA) is 65.8 Å². The molecule has 0 bridgehead atoms. The molecule has 3 rings (SSSR count). The zero-order valence-electron chi connectivity index (χ0n) is 15.8. The molecule has 1 aliphatic heterocycles. The standard InChI is InChI=1S/C20H24ClN3O3/c1-13(2)23-7-8-24-16(10-17(25)19(26)18(24)20(23)27)12-22(3)11-14-5-4-6-15(21)9-14/h4-6,9-10,13,26H,7-8,11-12H2,1-3H3. The zero-order chi connectivity index (χ0) is 19.7. The van der Waals surface area contributed by atoms with Gasteiger partial charge in [0.1, 0.15) is 0 Å². The second-order valence-electron chi connectivity index (χ2n) is 7.24. The number of benzene rings is 1. The predicted octanol–water partition coefficient (Wildman–Crippen LogP) is 2.70. The lowest BCUT2D eigenvalue weighted by Gasteiger charge is -2.34. The van der Waals surface area contributed by atoms with Gasteiger partial charge in [0.15, 0.2) is 11.4 Å². The number of rotatable bonds is 5. The van der Waals surface area contributed by atoms with E-state index >= 15 is 0 Å². The van der Waals surface area contributed by atoms with Crippen molar-refractivity contribution in [1.29, 1.82) is 0 Å². The Bertz CT molecular complexity index is 923. The van der Waals surface area contributed by atoms with Crippen molar-refractivity contribution in [2.24, 2.45) is 0 Å². The van der Waals surface area contributed by atoms with Crippen LogP contribution in [0.4, 0.5) is 0 Å². The Morgan fingerprint density at radius 2 is 1.93 bits per heavy atom. The van der Waals surface area contributed by atoms with E-state index in [1.165, 1.54) is 6.07 Å². The van der Waals surface area contributed by atoms with Gasteiger partial charge in [0.05, 0.1) is 0 Å². The third-order valence-electron chi connectivity index (χ3n) is 4.80. The Morgan fingerprint density at radius 1 is 1.19 bits per heavy atom. The summed E-state index contributed by atoms with van der Waals surface area (Å²) in [6.07, 6.45) is 0. The largest absolute Gasteiger partial charge is 0.503 e. The molecule has 0 unspecified atom stereocenters. The maximum Gasteiger partial charge on any atom is 0.274 e. The van der Waals surface area contributed by atoms with E-state index in [4.69, 9.17) is 11.6 Å². The molecule has 0 aliphatic carbocycles. The fraction of sp³-hybridized carbons (Fsp3) is 0.400. The molecule has 1 amide bonds. The number of nitrogens with zero attached hydrogens (tertiary/aromatic N) is 3. The van der Waals surface area contributed by atoms with Crippen molar-refractivity contribution in [1.82, 2.24) is 14.4 Å². The molecule has 2 aromatic rings. The smallest absolute Gasteiger partial charge is 0.274 e. The van der Waals surface area contributed by atoms with E-state index in [1.807, 2.05) is 50.1 Å². The van der Waals surface area contributed by atoms with Crippen LogP contribution >= 0.6 is 11.6 Å². The van der Waals surface area contributed by atoms with E-state index in [1.54, 1.807) is 9.47 Å². The van der Waals surface area contributed by atoms with Gasteiger partial charge in [-0.25, -0.2) is 0 Å². The highest BCUT2D eigenvalue weighted by Gasteiger charge is 2.31. The van der Waals surface area contributed by atoms with Crippen LogP contribution in [0, 0.1) is 0 Å². The van der Waals surface area contributed by atoms with Gasteiger partial charge in [-0.3, -0.25) is 14.5 Å². The summed E-state index contributed by atoms with van der Waals surface area (Å²) >= 11 is 6.04. The van der Waals surface area contributed by atoms with Crippen LogP contribution in [0.2, 0.25) is 5.02 Å². The number of carbonyl (C=O) groups is 1. The number of fused-ring (bicyclic) bond motifs is 1. The van der Waals surface area contributed by atoms with Crippen molar-refractivity contribution >= 4 is 17.5 Å². The monoisotopic (exact) mass is 389 g/mol. The van der Waals surface area contributed by atoms with E-state index in [0.717, 1.165) is 5.56 Å². The van der Waals surface area contributed by atoms with Crippen LogP contribution in [-0.2, 0) is 19.6 Å². The molecule has 2 heterocycles. The van der Waals surface area contributed by atoms with Crippen molar-refractivity contribution in [2.75, 3.05) is 13.6 Å². The molecule has 0 fully saturated rings. The molecule has 7 heteroatoms. The van der Waals surface area contributed by atoms with Crippen molar-refractivity contribution in [3.05, 3.63) is 62.5 Å². The van der Waals surface area contributed by atoms with Gasteiger partial charge in [0.2, 0.25) is 5.43 Å². The average molecular weight is 390 g/mol. The SMILES string of the molecule is CC(C)N1CCn2c(CN(C)Cc3cccc(Cl)c3)cc(=O)c(O)c2C1=O. The summed E-state index contributed by atoms with van der Waals surface area (Å²) in [7, 11) is 1.94. The average Bonchev–Trinajstić information content (AvgIpc) is 2.58. The Hall–Kier alpha value is -2.31.